The van der Waals surface area contributed by atoms with Crippen LogP contribution in [0.1, 0.15) is 56.9 Å². The third-order valence-corrected chi connectivity index (χ3v) is 5.75. The molecule has 0 radical (unpaired) electrons. The van der Waals surface area contributed by atoms with E-state index in [0.29, 0.717) is 12.5 Å². The molecule has 2 fully saturated rings. The molecule has 1 atom stereocenters. The Kier molecular flexibility index (Phi) is 6.41. The van der Waals surface area contributed by atoms with E-state index in [1.165, 1.54) is 20.0 Å². The van der Waals surface area contributed by atoms with Crippen LogP contribution < -0.4 is 10.6 Å². The average molecular weight is 360 g/mol. The molecule has 1 aliphatic carbocycles. The van der Waals surface area contributed by atoms with Crippen molar-refractivity contribution < 1.29 is 14.3 Å². The summed E-state index contributed by atoms with van der Waals surface area (Å²) in [6.07, 6.45) is 6.07. The lowest BCUT2D eigenvalue weighted by Crippen LogP contribution is -2.41. The third kappa shape index (κ3) is 4.70. The summed E-state index contributed by atoms with van der Waals surface area (Å²) in [5.74, 6) is 0.787. The Morgan fingerprint density at radius 3 is 2.62 bits per heavy atom. The minimum absolute atomic E-state index is 0.152. The van der Waals surface area contributed by atoms with Gasteiger partial charge < -0.3 is 20.1 Å². The minimum atomic E-state index is -0.169. The van der Waals surface area contributed by atoms with E-state index in [0.717, 1.165) is 61.9 Å². The highest BCUT2D eigenvalue weighted by atomic mass is 16.5. The quantitative estimate of drug-likeness (QED) is 0.565. The van der Waals surface area contributed by atoms with E-state index in [2.05, 4.69) is 30.0 Å². The van der Waals surface area contributed by atoms with Crippen molar-refractivity contribution in [2.24, 2.45) is 5.92 Å². The third-order valence-electron chi connectivity index (χ3n) is 5.75. The van der Waals surface area contributed by atoms with Gasteiger partial charge in [-0.1, -0.05) is 13.0 Å². The van der Waals surface area contributed by atoms with Crippen LogP contribution in [-0.4, -0.2) is 38.9 Å². The van der Waals surface area contributed by atoms with Crippen LogP contribution in [0.25, 0.3) is 0 Å². The number of methoxy groups -OCH3 is 1. The van der Waals surface area contributed by atoms with Gasteiger partial charge in [-0.15, -0.1) is 0 Å². The highest BCUT2D eigenvalue weighted by Crippen LogP contribution is 2.37. The maximum atomic E-state index is 11.7. The molecule has 0 bridgehead atoms. The first-order chi connectivity index (χ1) is 12.6. The van der Waals surface area contributed by atoms with E-state index < -0.39 is 0 Å². The molecule has 2 N–H and O–H groups in total. The molecular formula is C21H32N2O3. The van der Waals surface area contributed by atoms with Gasteiger partial charge in [0.05, 0.1) is 24.9 Å². The Morgan fingerprint density at radius 2 is 2.04 bits per heavy atom. The number of anilines is 2. The van der Waals surface area contributed by atoms with Crippen molar-refractivity contribution in [1.29, 1.82) is 0 Å². The molecule has 0 spiro atoms. The summed E-state index contributed by atoms with van der Waals surface area (Å²) in [6.45, 7) is 4.86. The van der Waals surface area contributed by atoms with Crippen molar-refractivity contribution in [2.45, 2.75) is 57.4 Å². The van der Waals surface area contributed by atoms with Gasteiger partial charge in [-0.2, -0.15) is 0 Å². The van der Waals surface area contributed by atoms with Crippen LogP contribution >= 0.6 is 0 Å². The van der Waals surface area contributed by atoms with Gasteiger partial charge in [-0.3, -0.25) is 4.79 Å². The number of nitrogen functional groups attached to an aromatic ring is 1. The Bertz CT molecular complexity index is 609. The summed E-state index contributed by atoms with van der Waals surface area (Å²) in [7, 11) is 1.44. The molecule has 3 rings (SSSR count). The van der Waals surface area contributed by atoms with Gasteiger partial charge in [0.1, 0.15) is 0 Å². The van der Waals surface area contributed by atoms with Crippen molar-refractivity contribution in [3.8, 4) is 0 Å². The van der Waals surface area contributed by atoms with E-state index >= 15 is 0 Å². The topological polar surface area (TPSA) is 64.8 Å². The van der Waals surface area contributed by atoms with E-state index in [9.17, 15) is 4.79 Å². The lowest BCUT2D eigenvalue weighted by atomic mass is 9.92. The molecule has 1 aromatic rings. The molecule has 2 aliphatic rings. The first-order valence-electron chi connectivity index (χ1n) is 9.93. The number of esters is 1. The van der Waals surface area contributed by atoms with E-state index in [-0.39, 0.29) is 11.9 Å². The fraction of sp³-hybridized carbons (Fsp3) is 0.667. The molecule has 5 heteroatoms. The van der Waals surface area contributed by atoms with Gasteiger partial charge in [0.2, 0.25) is 0 Å². The molecule has 1 aliphatic heterocycles. The molecule has 1 saturated heterocycles. The summed E-state index contributed by atoms with van der Waals surface area (Å²) >= 11 is 0. The first kappa shape index (κ1) is 19.0. The number of nitrogens with zero attached hydrogens (tertiary/aromatic N) is 1. The number of rotatable bonds is 8. The van der Waals surface area contributed by atoms with Crippen molar-refractivity contribution in [3.05, 3.63) is 23.8 Å². The lowest BCUT2D eigenvalue weighted by Gasteiger charge is -2.37. The zero-order valence-electron chi connectivity index (χ0n) is 16.1. The van der Waals surface area contributed by atoms with Crippen LogP contribution in [0.15, 0.2) is 18.2 Å². The molecule has 1 aromatic carbocycles. The predicted octanol–water partition coefficient (Wildman–Crippen LogP) is 3.72. The Balaban J connectivity index is 1.79. The summed E-state index contributed by atoms with van der Waals surface area (Å²) < 4.78 is 10.4. The number of carbonyl (C=O) groups excluding carboxylic acids is 1. The first-order valence-corrected chi connectivity index (χ1v) is 9.93. The van der Waals surface area contributed by atoms with Gasteiger partial charge in [0, 0.05) is 25.8 Å². The van der Waals surface area contributed by atoms with Crippen LogP contribution in [-0.2, 0) is 14.3 Å². The predicted molar refractivity (Wildman–Crippen MR) is 104 cm³/mol. The number of carbonyl (C=O) groups is 1. The molecule has 1 saturated carbocycles. The van der Waals surface area contributed by atoms with E-state index in [1.54, 1.807) is 0 Å². The Morgan fingerprint density at radius 1 is 1.31 bits per heavy atom. The summed E-state index contributed by atoms with van der Waals surface area (Å²) in [6, 6.07) is 6.87. The van der Waals surface area contributed by atoms with E-state index in [4.69, 9.17) is 15.2 Å². The number of hydrogen-bond donors (Lipinski definition) is 1. The van der Waals surface area contributed by atoms with Gasteiger partial charge >= 0.3 is 5.97 Å². The van der Waals surface area contributed by atoms with Crippen LogP contribution in [0.5, 0.6) is 0 Å². The van der Waals surface area contributed by atoms with Gasteiger partial charge in [0.25, 0.3) is 0 Å². The van der Waals surface area contributed by atoms with Gasteiger partial charge in [-0.25, -0.2) is 0 Å². The van der Waals surface area contributed by atoms with E-state index in [1.807, 2.05) is 0 Å². The summed E-state index contributed by atoms with van der Waals surface area (Å²) in [4.78, 5) is 14.2. The summed E-state index contributed by atoms with van der Waals surface area (Å²) in [5.41, 5.74) is 9.57. The second-order valence-corrected chi connectivity index (χ2v) is 7.64. The van der Waals surface area contributed by atoms with Crippen molar-refractivity contribution in [1.82, 2.24) is 0 Å². The molecule has 1 unspecified atom stereocenters. The smallest absolute Gasteiger partial charge is 0.306 e. The highest BCUT2D eigenvalue weighted by Gasteiger charge is 2.30. The zero-order valence-corrected chi connectivity index (χ0v) is 16.1. The molecule has 0 amide bonds. The molecule has 5 nitrogen and oxygen atoms in total. The maximum Gasteiger partial charge on any atom is 0.306 e. The van der Waals surface area contributed by atoms with Crippen molar-refractivity contribution in [3.63, 3.8) is 0 Å². The SMILES string of the molecule is CCC(CC(=O)OC)c1ccc(N(CC2CC2)C2CCOCC2)c(N)c1. The van der Waals surface area contributed by atoms with Crippen LogP contribution in [0.3, 0.4) is 0 Å². The highest BCUT2D eigenvalue weighted by molar-refractivity contribution is 5.72. The lowest BCUT2D eigenvalue weighted by molar-refractivity contribution is -0.141. The number of nitrogens with two attached hydrogens (primary N) is 1. The largest absolute Gasteiger partial charge is 0.469 e. The molecule has 144 valence electrons. The zero-order chi connectivity index (χ0) is 18.5. The fourth-order valence-electron chi connectivity index (χ4n) is 3.89. The van der Waals surface area contributed by atoms with Crippen LogP contribution in [0.4, 0.5) is 11.4 Å². The minimum Gasteiger partial charge on any atom is -0.469 e. The number of ether oxygens (including phenoxy) is 2. The second kappa shape index (κ2) is 8.76. The molecule has 26 heavy (non-hydrogen) atoms. The van der Waals surface area contributed by atoms with Crippen LogP contribution in [0, 0.1) is 5.92 Å². The standard InChI is InChI=1S/C21H32N2O3/c1-3-16(13-21(24)25-2)17-6-7-20(19(22)12-17)23(14-15-4-5-15)18-8-10-26-11-9-18/h6-7,12,15-16,18H,3-5,8-11,13-14,22H2,1-2H3. The molecule has 1 heterocycles. The molecule has 0 aromatic heterocycles. The average Bonchev–Trinajstić information content (AvgIpc) is 3.49. The van der Waals surface area contributed by atoms with Crippen LogP contribution in [0.2, 0.25) is 0 Å². The van der Waals surface area contributed by atoms with Gasteiger partial charge in [0.15, 0.2) is 0 Å². The maximum absolute atomic E-state index is 11.7. The fourth-order valence-corrected chi connectivity index (χ4v) is 3.89. The normalized spacial score (nSPS) is 19.2. The Labute approximate surface area is 156 Å². The van der Waals surface area contributed by atoms with Crippen molar-refractivity contribution >= 4 is 17.3 Å². The molecular weight excluding hydrogens is 328 g/mol. The van der Waals surface area contributed by atoms with Gasteiger partial charge in [-0.05, 0) is 61.6 Å². The number of benzene rings is 1. The monoisotopic (exact) mass is 360 g/mol. The summed E-state index contributed by atoms with van der Waals surface area (Å²) in [5, 5.41) is 0. The second-order valence-electron chi connectivity index (χ2n) is 7.64. The Hall–Kier alpha value is -1.75. The van der Waals surface area contributed by atoms with Crippen molar-refractivity contribution in [2.75, 3.05) is 37.5 Å². The number of hydrogen-bond acceptors (Lipinski definition) is 5.